The monoisotopic (exact) mass is 214 g/mol. The molecular weight excluding hydrogens is 200 g/mol. The van der Waals surface area contributed by atoms with Crippen LogP contribution < -0.4 is 10.5 Å². The molecule has 3 nitrogen and oxygen atoms in total. The lowest BCUT2D eigenvalue weighted by molar-refractivity contribution is 0.935. The predicted octanol–water partition coefficient (Wildman–Crippen LogP) is 2.13. The van der Waals surface area contributed by atoms with E-state index < -0.39 is 0 Å². The zero-order chi connectivity index (χ0) is 11.0. The molecule has 0 bridgehead atoms. The van der Waals surface area contributed by atoms with Crippen LogP contribution >= 0.6 is 0 Å². The van der Waals surface area contributed by atoms with Crippen LogP contribution in [0.2, 0.25) is 0 Å². The molecule has 1 N–H and O–H groups in total. The predicted molar refractivity (Wildman–Crippen MR) is 66.0 cm³/mol. The van der Waals surface area contributed by atoms with Gasteiger partial charge in [0.25, 0.3) is 5.56 Å². The molecule has 0 radical (unpaired) electrons. The lowest BCUT2D eigenvalue weighted by Crippen LogP contribution is -2.22. The molecule has 2 aromatic rings. The summed E-state index contributed by atoms with van der Waals surface area (Å²) >= 11 is 0. The highest BCUT2D eigenvalue weighted by molar-refractivity contribution is 5.83. The van der Waals surface area contributed by atoms with Crippen LogP contribution in [0.15, 0.2) is 35.1 Å². The minimum atomic E-state index is 0.0139. The minimum absolute atomic E-state index is 0.0139. The first-order valence-electron chi connectivity index (χ1n) is 5.71. The number of hydrogen-bond acceptors (Lipinski definition) is 2. The number of fused-ring (bicyclic) bond motifs is 1. The second-order valence-electron chi connectivity index (χ2n) is 4.27. The van der Waals surface area contributed by atoms with Crippen molar-refractivity contribution in [2.75, 3.05) is 18.0 Å². The Morgan fingerprint density at radius 2 is 1.88 bits per heavy atom. The maximum atomic E-state index is 11.9. The third-order valence-electron chi connectivity index (χ3n) is 3.19. The van der Waals surface area contributed by atoms with Gasteiger partial charge in [-0.05, 0) is 30.4 Å². The van der Waals surface area contributed by atoms with E-state index >= 15 is 0 Å². The molecule has 2 heterocycles. The summed E-state index contributed by atoms with van der Waals surface area (Å²) in [6.45, 7) is 2.10. The van der Waals surface area contributed by atoms with Gasteiger partial charge in [-0.1, -0.05) is 18.2 Å². The molecule has 0 aliphatic carbocycles. The standard InChI is InChI=1S/C13H14N2O/c16-13-11-6-2-1-5-10(11)9-12(14-13)15-7-3-4-8-15/h1-2,5-6,9H,3-4,7-8H2,(H,14,16). The number of hydrogen-bond donors (Lipinski definition) is 1. The number of nitrogens with zero attached hydrogens (tertiary/aromatic N) is 1. The lowest BCUT2D eigenvalue weighted by Gasteiger charge is -2.17. The average molecular weight is 214 g/mol. The number of aromatic amines is 1. The summed E-state index contributed by atoms with van der Waals surface area (Å²) < 4.78 is 0. The second kappa shape index (κ2) is 3.67. The topological polar surface area (TPSA) is 36.1 Å². The van der Waals surface area contributed by atoms with Gasteiger partial charge < -0.3 is 9.88 Å². The molecular formula is C13H14N2O. The van der Waals surface area contributed by atoms with Gasteiger partial charge in [-0.25, -0.2) is 0 Å². The normalized spacial score (nSPS) is 15.9. The molecule has 1 aliphatic heterocycles. The zero-order valence-electron chi connectivity index (χ0n) is 9.07. The third-order valence-corrected chi connectivity index (χ3v) is 3.19. The fraction of sp³-hybridized carbons (Fsp3) is 0.308. The molecule has 0 atom stereocenters. The van der Waals surface area contributed by atoms with E-state index in [1.807, 2.05) is 24.3 Å². The quantitative estimate of drug-likeness (QED) is 0.789. The Labute approximate surface area is 93.7 Å². The minimum Gasteiger partial charge on any atom is -0.358 e. The molecule has 0 spiro atoms. The highest BCUT2D eigenvalue weighted by atomic mass is 16.1. The summed E-state index contributed by atoms with van der Waals surface area (Å²) in [5.74, 6) is 0.959. The first-order valence-corrected chi connectivity index (χ1v) is 5.71. The largest absolute Gasteiger partial charge is 0.358 e. The van der Waals surface area contributed by atoms with Crippen molar-refractivity contribution >= 4 is 16.6 Å². The van der Waals surface area contributed by atoms with Crippen molar-refractivity contribution < 1.29 is 0 Å². The maximum Gasteiger partial charge on any atom is 0.257 e. The summed E-state index contributed by atoms with van der Waals surface area (Å²) in [4.78, 5) is 17.1. The molecule has 1 aromatic heterocycles. The van der Waals surface area contributed by atoms with Gasteiger partial charge >= 0.3 is 0 Å². The molecule has 1 aliphatic rings. The third kappa shape index (κ3) is 1.48. The fourth-order valence-corrected chi connectivity index (χ4v) is 2.33. The number of rotatable bonds is 1. The van der Waals surface area contributed by atoms with Gasteiger partial charge in [0.15, 0.2) is 0 Å². The first-order chi connectivity index (χ1) is 7.84. The van der Waals surface area contributed by atoms with Gasteiger partial charge in [0.05, 0.1) is 0 Å². The molecule has 1 aromatic carbocycles. The van der Waals surface area contributed by atoms with Crippen LogP contribution in [0, 0.1) is 0 Å². The van der Waals surface area contributed by atoms with Gasteiger partial charge in [0.1, 0.15) is 5.82 Å². The summed E-state index contributed by atoms with van der Waals surface area (Å²) in [5, 5.41) is 1.79. The fourth-order valence-electron chi connectivity index (χ4n) is 2.33. The molecule has 3 heteroatoms. The second-order valence-corrected chi connectivity index (χ2v) is 4.27. The average Bonchev–Trinajstić information content (AvgIpc) is 2.82. The molecule has 0 unspecified atom stereocenters. The van der Waals surface area contributed by atoms with Crippen molar-refractivity contribution in [2.45, 2.75) is 12.8 Å². The smallest absolute Gasteiger partial charge is 0.257 e. The molecule has 0 saturated carbocycles. The van der Waals surface area contributed by atoms with Crippen LogP contribution in [0.5, 0.6) is 0 Å². The molecule has 0 amide bonds. The van der Waals surface area contributed by atoms with E-state index in [0.717, 1.165) is 29.7 Å². The van der Waals surface area contributed by atoms with Crippen LogP contribution in [0.25, 0.3) is 10.8 Å². The number of anilines is 1. The van der Waals surface area contributed by atoms with Crippen molar-refractivity contribution in [3.8, 4) is 0 Å². The van der Waals surface area contributed by atoms with Crippen molar-refractivity contribution in [1.29, 1.82) is 0 Å². The van der Waals surface area contributed by atoms with E-state index in [1.54, 1.807) is 0 Å². The Hall–Kier alpha value is -1.77. The Morgan fingerprint density at radius 3 is 2.69 bits per heavy atom. The molecule has 1 saturated heterocycles. The lowest BCUT2D eigenvalue weighted by atomic mass is 10.2. The maximum absolute atomic E-state index is 11.9. The molecule has 82 valence electrons. The Morgan fingerprint density at radius 1 is 1.12 bits per heavy atom. The van der Waals surface area contributed by atoms with E-state index in [1.165, 1.54) is 12.8 Å². The van der Waals surface area contributed by atoms with Gasteiger partial charge in [-0.3, -0.25) is 4.79 Å². The van der Waals surface area contributed by atoms with Crippen molar-refractivity contribution in [2.24, 2.45) is 0 Å². The number of pyridine rings is 1. The van der Waals surface area contributed by atoms with E-state index in [2.05, 4.69) is 16.0 Å². The van der Waals surface area contributed by atoms with Crippen LogP contribution in [0.4, 0.5) is 5.82 Å². The number of benzene rings is 1. The van der Waals surface area contributed by atoms with Crippen molar-refractivity contribution in [3.63, 3.8) is 0 Å². The van der Waals surface area contributed by atoms with Gasteiger partial charge in [-0.2, -0.15) is 0 Å². The Kier molecular flexibility index (Phi) is 2.17. The molecule has 3 rings (SSSR count). The summed E-state index contributed by atoms with van der Waals surface area (Å²) in [7, 11) is 0. The van der Waals surface area contributed by atoms with Crippen molar-refractivity contribution in [3.05, 3.63) is 40.7 Å². The van der Waals surface area contributed by atoms with E-state index in [0.29, 0.717) is 0 Å². The summed E-state index contributed by atoms with van der Waals surface area (Å²) in [6, 6.07) is 9.79. The number of nitrogens with one attached hydrogen (secondary N) is 1. The Bertz CT molecular complexity index is 567. The van der Waals surface area contributed by atoms with E-state index in [9.17, 15) is 4.79 Å². The number of H-pyrrole nitrogens is 1. The van der Waals surface area contributed by atoms with E-state index in [4.69, 9.17) is 0 Å². The zero-order valence-corrected chi connectivity index (χ0v) is 9.07. The molecule has 1 fully saturated rings. The summed E-state index contributed by atoms with van der Waals surface area (Å²) in [5.41, 5.74) is 0.0139. The van der Waals surface area contributed by atoms with Crippen LogP contribution in [0.1, 0.15) is 12.8 Å². The molecule has 16 heavy (non-hydrogen) atoms. The van der Waals surface area contributed by atoms with Crippen LogP contribution in [-0.2, 0) is 0 Å². The number of aromatic nitrogens is 1. The van der Waals surface area contributed by atoms with Gasteiger partial charge in [-0.15, -0.1) is 0 Å². The van der Waals surface area contributed by atoms with Gasteiger partial charge in [0, 0.05) is 18.5 Å². The highest BCUT2D eigenvalue weighted by Crippen LogP contribution is 2.20. The first kappa shape index (κ1) is 9.46. The van der Waals surface area contributed by atoms with Crippen LogP contribution in [0.3, 0.4) is 0 Å². The van der Waals surface area contributed by atoms with Crippen molar-refractivity contribution in [1.82, 2.24) is 4.98 Å². The van der Waals surface area contributed by atoms with Gasteiger partial charge in [0.2, 0.25) is 0 Å². The highest BCUT2D eigenvalue weighted by Gasteiger charge is 2.13. The van der Waals surface area contributed by atoms with Crippen LogP contribution in [-0.4, -0.2) is 18.1 Å². The van der Waals surface area contributed by atoms with E-state index in [-0.39, 0.29) is 5.56 Å². The summed E-state index contributed by atoms with van der Waals surface area (Å²) in [6.07, 6.45) is 2.43. The SMILES string of the molecule is O=c1[nH]c(N2CCCC2)cc2ccccc12. The Balaban J connectivity index is 2.17.